The molecule has 2 amide bonds. The van der Waals surface area contributed by atoms with E-state index in [1.165, 1.54) is 0 Å². The van der Waals surface area contributed by atoms with Crippen molar-refractivity contribution in [3.05, 3.63) is 34.8 Å². The quantitative estimate of drug-likeness (QED) is 0.695. The van der Waals surface area contributed by atoms with Gasteiger partial charge in [0, 0.05) is 19.1 Å². The van der Waals surface area contributed by atoms with Crippen LogP contribution in [-0.4, -0.2) is 50.1 Å². The van der Waals surface area contributed by atoms with Crippen LogP contribution in [0.5, 0.6) is 0 Å². The summed E-state index contributed by atoms with van der Waals surface area (Å²) >= 11 is 1.57. The Labute approximate surface area is 174 Å². The molecule has 0 unspecified atom stereocenters. The van der Waals surface area contributed by atoms with Gasteiger partial charge in [-0.05, 0) is 52.1 Å². The number of likely N-dealkylation sites (N-methyl/N-ethyl adjacent to an activating group) is 1. The first kappa shape index (κ1) is 21.0. The van der Waals surface area contributed by atoms with Gasteiger partial charge < -0.3 is 10.2 Å². The third-order valence-corrected chi connectivity index (χ3v) is 5.38. The number of pyridine rings is 1. The van der Waals surface area contributed by atoms with Gasteiger partial charge in [0.25, 0.3) is 5.91 Å². The molecule has 3 heterocycles. The topological polar surface area (TPSA) is 80.1 Å². The summed E-state index contributed by atoms with van der Waals surface area (Å²) in [4.78, 5) is 33.2. The second-order valence-electron chi connectivity index (χ2n) is 8.06. The molecule has 0 saturated heterocycles. The number of aryl methyl sites for hydroxylation is 2. The number of hydrogen-bond donors (Lipinski definition) is 1. The van der Waals surface area contributed by atoms with Crippen LogP contribution >= 0.6 is 11.3 Å². The summed E-state index contributed by atoms with van der Waals surface area (Å²) in [6, 6.07) is 5.75. The van der Waals surface area contributed by atoms with Gasteiger partial charge in [0.2, 0.25) is 5.91 Å². The second-order valence-corrected chi connectivity index (χ2v) is 9.01. The highest BCUT2D eigenvalue weighted by Crippen LogP contribution is 2.30. The van der Waals surface area contributed by atoms with Crippen LogP contribution in [0.25, 0.3) is 21.6 Å². The molecule has 3 rings (SSSR count). The van der Waals surface area contributed by atoms with E-state index in [-0.39, 0.29) is 23.9 Å². The van der Waals surface area contributed by atoms with Crippen molar-refractivity contribution in [1.82, 2.24) is 25.0 Å². The van der Waals surface area contributed by atoms with Crippen LogP contribution in [0.3, 0.4) is 0 Å². The summed E-state index contributed by atoms with van der Waals surface area (Å²) in [6.07, 6.45) is 0. The molecule has 3 aromatic rings. The number of aromatic nitrogens is 3. The van der Waals surface area contributed by atoms with Crippen LogP contribution in [0.1, 0.15) is 43.7 Å². The molecule has 0 aliphatic carbocycles. The molecule has 154 valence electrons. The Bertz CT molecular complexity index is 1050. The molecule has 0 saturated carbocycles. The zero-order valence-corrected chi connectivity index (χ0v) is 18.6. The van der Waals surface area contributed by atoms with Crippen molar-refractivity contribution >= 4 is 34.2 Å². The van der Waals surface area contributed by atoms with Crippen LogP contribution in [0.2, 0.25) is 0 Å². The average molecular weight is 414 g/mol. The Morgan fingerprint density at radius 3 is 2.62 bits per heavy atom. The maximum Gasteiger partial charge on any atom is 0.255 e. The summed E-state index contributed by atoms with van der Waals surface area (Å²) in [5.41, 5.74) is 2.30. The van der Waals surface area contributed by atoms with Crippen LogP contribution in [0, 0.1) is 6.92 Å². The number of hydrogen-bond acceptors (Lipinski definition) is 5. The lowest BCUT2D eigenvalue weighted by molar-refractivity contribution is -0.123. The molecule has 0 aliphatic heterocycles. The first-order chi connectivity index (χ1) is 13.6. The van der Waals surface area contributed by atoms with Crippen molar-refractivity contribution in [2.75, 3.05) is 13.1 Å². The number of thiophene rings is 1. The van der Waals surface area contributed by atoms with Gasteiger partial charge >= 0.3 is 0 Å². The SMILES string of the molecule is CCN(CC(=O)NC(C)(C)C)C(=O)c1cc(-c2cccs2)nc2c1c(C)nn2C. The van der Waals surface area contributed by atoms with Gasteiger partial charge in [0.05, 0.1) is 33.8 Å². The standard InChI is InChI=1S/C21H27N5O2S/c1-7-26(12-17(27)23-21(3,4)5)20(28)14-11-15(16-9-8-10-29-16)22-19-18(14)13(2)24-25(19)6/h8-11H,7,12H2,1-6H3,(H,23,27). The fraction of sp³-hybridized carbons (Fsp3) is 0.429. The van der Waals surface area contributed by atoms with Gasteiger partial charge in [-0.25, -0.2) is 4.98 Å². The normalized spacial score (nSPS) is 11.7. The average Bonchev–Trinajstić information content (AvgIpc) is 3.26. The largest absolute Gasteiger partial charge is 0.350 e. The predicted octanol–water partition coefficient (Wildman–Crippen LogP) is 3.38. The van der Waals surface area contributed by atoms with Gasteiger partial charge in [-0.15, -0.1) is 11.3 Å². The molecule has 0 spiro atoms. The van der Waals surface area contributed by atoms with Gasteiger partial charge in [0.1, 0.15) is 0 Å². The summed E-state index contributed by atoms with van der Waals surface area (Å²) in [5, 5.41) is 10.1. The highest BCUT2D eigenvalue weighted by molar-refractivity contribution is 7.13. The van der Waals surface area contributed by atoms with Crippen LogP contribution in [0.15, 0.2) is 23.6 Å². The molecular formula is C21H27N5O2S. The monoisotopic (exact) mass is 413 g/mol. The van der Waals surface area contributed by atoms with Crippen molar-refractivity contribution in [3.8, 4) is 10.6 Å². The minimum Gasteiger partial charge on any atom is -0.350 e. The number of amides is 2. The molecule has 7 nitrogen and oxygen atoms in total. The summed E-state index contributed by atoms with van der Waals surface area (Å²) < 4.78 is 1.70. The zero-order valence-electron chi connectivity index (χ0n) is 17.7. The first-order valence-electron chi connectivity index (χ1n) is 9.59. The van der Waals surface area contributed by atoms with Crippen molar-refractivity contribution < 1.29 is 9.59 Å². The fourth-order valence-electron chi connectivity index (χ4n) is 3.29. The highest BCUT2D eigenvalue weighted by atomic mass is 32.1. The number of nitrogens with zero attached hydrogens (tertiary/aromatic N) is 4. The number of rotatable bonds is 5. The molecule has 1 N–H and O–H groups in total. The Balaban J connectivity index is 2.04. The lowest BCUT2D eigenvalue weighted by Crippen LogP contribution is -2.47. The smallest absolute Gasteiger partial charge is 0.255 e. The third-order valence-electron chi connectivity index (χ3n) is 4.49. The summed E-state index contributed by atoms with van der Waals surface area (Å²) in [7, 11) is 1.82. The minimum absolute atomic E-state index is 0.00403. The molecule has 0 atom stereocenters. The van der Waals surface area contributed by atoms with Crippen LogP contribution in [-0.2, 0) is 11.8 Å². The fourth-order valence-corrected chi connectivity index (χ4v) is 3.98. The number of carbonyl (C=O) groups excluding carboxylic acids is 2. The predicted molar refractivity (Wildman–Crippen MR) is 116 cm³/mol. The van der Waals surface area contributed by atoms with Gasteiger partial charge in [-0.1, -0.05) is 6.07 Å². The Hall–Kier alpha value is -2.74. The highest BCUT2D eigenvalue weighted by Gasteiger charge is 2.25. The Morgan fingerprint density at radius 2 is 2.03 bits per heavy atom. The molecule has 0 aromatic carbocycles. The lowest BCUT2D eigenvalue weighted by Gasteiger charge is -2.25. The lowest BCUT2D eigenvalue weighted by atomic mass is 10.1. The Kier molecular flexibility index (Phi) is 5.75. The van der Waals surface area contributed by atoms with Gasteiger partial charge in [0.15, 0.2) is 5.65 Å². The molecular weight excluding hydrogens is 386 g/mol. The van der Waals surface area contributed by atoms with Crippen molar-refractivity contribution in [2.24, 2.45) is 7.05 Å². The van der Waals surface area contributed by atoms with E-state index >= 15 is 0 Å². The van der Waals surface area contributed by atoms with E-state index < -0.39 is 0 Å². The van der Waals surface area contributed by atoms with Crippen LogP contribution < -0.4 is 5.32 Å². The molecule has 0 radical (unpaired) electrons. The van der Waals surface area contributed by atoms with E-state index in [1.807, 2.05) is 65.2 Å². The van der Waals surface area contributed by atoms with Crippen LogP contribution in [0.4, 0.5) is 0 Å². The summed E-state index contributed by atoms with van der Waals surface area (Å²) in [6.45, 7) is 9.92. The molecule has 29 heavy (non-hydrogen) atoms. The van der Waals surface area contributed by atoms with Gasteiger partial charge in [-0.3, -0.25) is 14.3 Å². The van der Waals surface area contributed by atoms with E-state index in [0.29, 0.717) is 17.8 Å². The van der Waals surface area contributed by atoms with E-state index in [0.717, 1.165) is 21.7 Å². The van der Waals surface area contributed by atoms with Crippen molar-refractivity contribution in [2.45, 2.75) is 40.2 Å². The third kappa shape index (κ3) is 4.48. The molecule has 0 aliphatic rings. The van der Waals surface area contributed by atoms with E-state index in [4.69, 9.17) is 4.98 Å². The van der Waals surface area contributed by atoms with Gasteiger partial charge in [-0.2, -0.15) is 5.10 Å². The maximum atomic E-state index is 13.5. The van der Waals surface area contributed by atoms with E-state index in [2.05, 4.69) is 10.4 Å². The number of carbonyl (C=O) groups is 2. The number of fused-ring (bicyclic) bond motifs is 1. The molecule has 8 heteroatoms. The van der Waals surface area contributed by atoms with E-state index in [1.54, 1.807) is 20.9 Å². The first-order valence-corrected chi connectivity index (χ1v) is 10.5. The zero-order chi connectivity index (χ0) is 21.3. The van der Waals surface area contributed by atoms with E-state index in [9.17, 15) is 9.59 Å². The minimum atomic E-state index is -0.351. The number of nitrogens with one attached hydrogen (secondary N) is 1. The summed E-state index contributed by atoms with van der Waals surface area (Å²) in [5.74, 6) is -0.378. The van der Waals surface area contributed by atoms with Crippen molar-refractivity contribution in [1.29, 1.82) is 0 Å². The molecule has 0 fully saturated rings. The molecule has 0 bridgehead atoms. The Morgan fingerprint density at radius 1 is 1.31 bits per heavy atom. The second kappa shape index (κ2) is 7.94. The van der Waals surface area contributed by atoms with Crippen molar-refractivity contribution in [3.63, 3.8) is 0 Å². The molecule has 3 aromatic heterocycles. The maximum absolute atomic E-state index is 13.5.